The van der Waals surface area contributed by atoms with E-state index in [9.17, 15) is 13.2 Å². The minimum Gasteiger partial charge on any atom is -0.384 e. The summed E-state index contributed by atoms with van der Waals surface area (Å²) < 4.78 is 36.6. The molecule has 0 aliphatic rings. The first kappa shape index (κ1) is 10.1. The van der Waals surface area contributed by atoms with Gasteiger partial charge in [-0.1, -0.05) is 12.8 Å². The van der Waals surface area contributed by atoms with Crippen LogP contribution in [-0.4, -0.2) is 23.9 Å². The second-order valence-corrected chi connectivity index (χ2v) is 2.07. The van der Waals surface area contributed by atoms with Gasteiger partial charge in [-0.3, -0.25) is 4.72 Å². The summed E-state index contributed by atoms with van der Waals surface area (Å²) in [5, 5.41) is 8.32. The number of alkyl halides is 3. The van der Waals surface area contributed by atoms with Crippen LogP contribution in [0.4, 0.5) is 13.2 Å². The van der Waals surface area contributed by atoms with E-state index in [-0.39, 0.29) is 13.0 Å². The molecule has 62 valence electrons. The molecule has 1 atom stereocenters. The molecule has 0 fully saturated rings. The Kier molecular flexibility index (Phi) is 4.07. The number of aliphatic hydroxyl groups is 1. The summed E-state index contributed by atoms with van der Waals surface area (Å²) in [6, 6.07) is 0. The van der Waals surface area contributed by atoms with Gasteiger partial charge < -0.3 is 5.11 Å². The molecule has 10 heavy (non-hydrogen) atoms. The van der Waals surface area contributed by atoms with Crippen molar-refractivity contribution < 1.29 is 18.3 Å². The Morgan fingerprint density at radius 3 is 2.30 bits per heavy atom. The first-order valence-corrected chi connectivity index (χ1v) is 3.05. The molecular weight excluding hydrogens is 167 g/mol. The van der Waals surface area contributed by atoms with Crippen molar-refractivity contribution in [3.05, 3.63) is 0 Å². The van der Waals surface area contributed by atoms with Crippen LogP contribution in [0.5, 0.6) is 0 Å². The number of nitrogens with one attached hydrogen (secondary N) is 1. The second kappa shape index (κ2) is 4.05. The zero-order chi connectivity index (χ0) is 8.20. The number of thiol groups is 1. The van der Waals surface area contributed by atoms with Gasteiger partial charge in [0.1, 0.15) is 0 Å². The maximum atomic E-state index is 11.5. The van der Waals surface area contributed by atoms with Gasteiger partial charge in [0.2, 0.25) is 0 Å². The Labute approximate surface area is 62.0 Å². The molecule has 0 aromatic carbocycles. The third-order valence-corrected chi connectivity index (χ3v) is 1.13. The van der Waals surface area contributed by atoms with Crippen molar-refractivity contribution in [3.63, 3.8) is 0 Å². The van der Waals surface area contributed by atoms with Crippen LogP contribution in [0.2, 0.25) is 0 Å². The predicted molar refractivity (Wildman–Crippen MR) is 33.7 cm³/mol. The van der Waals surface area contributed by atoms with Gasteiger partial charge in [0.05, 0.1) is 0 Å². The Hall–Kier alpha value is 0.0600. The third kappa shape index (κ3) is 3.97. The first-order valence-electron chi connectivity index (χ1n) is 2.60. The summed E-state index contributed by atoms with van der Waals surface area (Å²) in [7, 11) is 0. The van der Waals surface area contributed by atoms with E-state index in [1.807, 2.05) is 0 Å². The van der Waals surface area contributed by atoms with Gasteiger partial charge in [-0.2, -0.15) is 13.2 Å². The standard InChI is InChI=1S/C4H8F3NOS/c5-4(6,7)3(9)1-2-8-10/h3,8-10H,1-2H2. The van der Waals surface area contributed by atoms with Gasteiger partial charge in [0.15, 0.2) is 6.10 Å². The maximum absolute atomic E-state index is 11.5. The highest BCUT2D eigenvalue weighted by molar-refractivity contribution is 7.78. The minimum atomic E-state index is -4.51. The lowest BCUT2D eigenvalue weighted by molar-refractivity contribution is -0.204. The average molecular weight is 175 g/mol. The fourth-order valence-electron chi connectivity index (χ4n) is 0.365. The molecule has 0 bridgehead atoms. The fraction of sp³-hybridized carbons (Fsp3) is 1.00. The highest BCUT2D eigenvalue weighted by Crippen LogP contribution is 2.21. The van der Waals surface area contributed by atoms with E-state index in [2.05, 4.69) is 17.5 Å². The first-order chi connectivity index (χ1) is 4.48. The zero-order valence-electron chi connectivity index (χ0n) is 5.02. The molecule has 0 saturated carbocycles. The monoisotopic (exact) mass is 175 g/mol. The number of hydrogen-bond donors (Lipinski definition) is 3. The van der Waals surface area contributed by atoms with Crippen LogP contribution < -0.4 is 4.72 Å². The van der Waals surface area contributed by atoms with Crippen molar-refractivity contribution in [3.8, 4) is 0 Å². The lowest BCUT2D eigenvalue weighted by Crippen LogP contribution is -2.30. The molecule has 0 spiro atoms. The molecule has 0 aliphatic carbocycles. The van der Waals surface area contributed by atoms with E-state index in [0.29, 0.717) is 0 Å². The molecule has 2 N–H and O–H groups in total. The number of hydrogen-bond acceptors (Lipinski definition) is 3. The molecule has 6 heteroatoms. The lowest BCUT2D eigenvalue weighted by Gasteiger charge is -2.12. The summed E-state index contributed by atoms with van der Waals surface area (Å²) >= 11 is 3.46. The van der Waals surface area contributed by atoms with Gasteiger partial charge in [0.25, 0.3) is 0 Å². The lowest BCUT2D eigenvalue weighted by atomic mass is 10.2. The van der Waals surface area contributed by atoms with E-state index in [0.717, 1.165) is 0 Å². The Balaban J connectivity index is 3.52. The molecule has 0 aromatic rings. The predicted octanol–water partition coefficient (Wildman–Crippen LogP) is 0.734. The molecule has 0 saturated heterocycles. The van der Waals surface area contributed by atoms with Crippen LogP contribution in [0, 0.1) is 0 Å². The van der Waals surface area contributed by atoms with E-state index in [1.165, 1.54) is 0 Å². The van der Waals surface area contributed by atoms with E-state index in [4.69, 9.17) is 5.11 Å². The normalized spacial score (nSPS) is 15.3. The summed E-state index contributed by atoms with van der Waals surface area (Å²) in [6.07, 6.45) is -7.12. The molecule has 0 aromatic heterocycles. The van der Waals surface area contributed by atoms with Crippen LogP contribution in [0.1, 0.15) is 6.42 Å². The average Bonchev–Trinajstić information content (AvgIpc) is 1.80. The molecule has 2 nitrogen and oxygen atoms in total. The van der Waals surface area contributed by atoms with Crippen molar-refractivity contribution in [2.24, 2.45) is 0 Å². The van der Waals surface area contributed by atoms with Crippen LogP contribution in [0.3, 0.4) is 0 Å². The van der Waals surface area contributed by atoms with E-state index >= 15 is 0 Å². The van der Waals surface area contributed by atoms with Gasteiger partial charge in [-0.15, -0.1) is 0 Å². The molecule has 1 unspecified atom stereocenters. The summed E-state index contributed by atoms with van der Waals surface area (Å²) in [6.45, 7) is 0.0315. The Bertz CT molecular complexity index is 97.0. The van der Waals surface area contributed by atoms with Gasteiger partial charge in [-0.05, 0) is 6.42 Å². The third-order valence-electron chi connectivity index (χ3n) is 0.907. The second-order valence-electron chi connectivity index (χ2n) is 1.75. The Morgan fingerprint density at radius 1 is 1.50 bits per heavy atom. The van der Waals surface area contributed by atoms with Crippen molar-refractivity contribution in [1.29, 1.82) is 0 Å². The molecular formula is C4H8F3NOS. The van der Waals surface area contributed by atoms with Gasteiger partial charge in [0, 0.05) is 6.54 Å². The topological polar surface area (TPSA) is 32.3 Å². The van der Waals surface area contributed by atoms with Gasteiger partial charge >= 0.3 is 6.18 Å². The van der Waals surface area contributed by atoms with E-state index < -0.39 is 12.3 Å². The summed E-state index contributed by atoms with van der Waals surface area (Å²) in [4.78, 5) is 0. The van der Waals surface area contributed by atoms with Crippen LogP contribution in [0.15, 0.2) is 0 Å². The van der Waals surface area contributed by atoms with Crippen molar-refractivity contribution in [1.82, 2.24) is 4.72 Å². The highest BCUT2D eigenvalue weighted by atomic mass is 32.1. The molecule has 0 aliphatic heterocycles. The van der Waals surface area contributed by atoms with Crippen LogP contribution in [0.25, 0.3) is 0 Å². The highest BCUT2D eigenvalue weighted by Gasteiger charge is 2.37. The fourth-order valence-corrected chi connectivity index (χ4v) is 0.494. The van der Waals surface area contributed by atoms with Crippen molar-refractivity contribution in [2.45, 2.75) is 18.7 Å². The van der Waals surface area contributed by atoms with Crippen LogP contribution in [-0.2, 0) is 0 Å². The number of aliphatic hydroxyl groups excluding tert-OH is 1. The smallest absolute Gasteiger partial charge is 0.384 e. The largest absolute Gasteiger partial charge is 0.414 e. The van der Waals surface area contributed by atoms with Crippen LogP contribution >= 0.6 is 12.8 Å². The zero-order valence-corrected chi connectivity index (χ0v) is 5.91. The molecule has 0 radical (unpaired) electrons. The minimum absolute atomic E-state index is 0.0315. The Morgan fingerprint density at radius 2 is 2.00 bits per heavy atom. The van der Waals surface area contributed by atoms with Crippen molar-refractivity contribution in [2.75, 3.05) is 6.54 Å². The van der Waals surface area contributed by atoms with Crippen molar-refractivity contribution >= 4 is 12.8 Å². The number of rotatable bonds is 3. The molecule has 0 amide bonds. The van der Waals surface area contributed by atoms with E-state index in [1.54, 1.807) is 0 Å². The quantitative estimate of drug-likeness (QED) is 0.552. The molecule has 0 heterocycles. The summed E-state index contributed by atoms with van der Waals surface area (Å²) in [5.74, 6) is 0. The van der Waals surface area contributed by atoms with Gasteiger partial charge in [-0.25, -0.2) is 0 Å². The molecule has 0 rings (SSSR count). The number of halogens is 3. The SMILES string of the molecule is OC(CCNS)C(F)(F)F. The maximum Gasteiger partial charge on any atom is 0.414 e. The summed E-state index contributed by atoms with van der Waals surface area (Å²) in [5.41, 5.74) is 0.